The van der Waals surface area contributed by atoms with Crippen LogP contribution in [0, 0.1) is 13.8 Å². The number of aryl methyl sites for hydroxylation is 2. The zero-order chi connectivity index (χ0) is 11.6. The molecule has 0 amide bonds. The van der Waals surface area contributed by atoms with Gasteiger partial charge in [-0.05, 0) is 37.1 Å². The molecule has 0 saturated carbocycles. The zero-order valence-corrected chi connectivity index (χ0v) is 9.79. The highest BCUT2D eigenvalue weighted by atomic mass is 16.1. The lowest BCUT2D eigenvalue weighted by Crippen LogP contribution is -2.19. The molecule has 0 unspecified atom stereocenters. The summed E-state index contributed by atoms with van der Waals surface area (Å²) >= 11 is 0. The van der Waals surface area contributed by atoms with Crippen LogP contribution in [0.3, 0.4) is 0 Å². The van der Waals surface area contributed by atoms with Crippen LogP contribution < -0.4 is 10.6 Å². The van der Waals surface area contributed by atoms with E-state index < -0.39 is 0 Å². The Morgan fingerprint density at radius 1 is 1.27 bits per heavy atom. The van der Waals surface area contributed by atoms with Crippen molar-refractivity contribution in [1.29, 1.82) is 0 Å². The largest absolute Gasteiger partial charge is 0.377 e. The number of Topliss-reactive ketones (excluding diaryl/α,β-unsaturated/α-hetero) is 1. The van der Waals surface area contributed by atoms with Crippen molar-refractivity contribution in [2.24, 2.45) is 5.73 Å². The summed E-state index contributed by atoms with van der Waals surface area (Å²) in [5, 5.41) is 0. The number of hydrogen-bond donors (Lipinski definition) is 1. The number of anilines is 1. The normalized spacial score (nSPS) is 10.2. The molecule has 1 aromatic carbocycles. The Kier molecular flexibility index (Phi) is 3.48. The molecule has 2 N–H and O–H groups in total. The molecule has 0 saturated heterocycles. The van der Waals surface area contributed by atoms with Crippen molar-refractivity contribution in [2.45, 2.75) is 13.8 Å². The van der Waals surface area contributed by atoms with Crippen molar-refractivity contribution in [1.82, 2.24) is 0 Å². The summed E-state index contributed by atoms with van der Waals surface area (Å²) in [4.78, 5) is 13.6. The van der Waals surface area contributed by atoms with E-state index in [1.54, 1.807) is 0 Å². The van der Waals surface area contributed by atoms with Crippen LogP contribution in [0.5, 0.6) is 0 Å². The number of ketones is 1. The van der Waals surface area contributed by atoms with E-state index in [0.717, 1.165) is 11.3 Å². The molecule has 0 fully saturated rings. The fourth-order valence-electron chi connectivity index (χ4n) is 1.50. The Balaban J connectivity index is 3.34. The topological polar surface area (TPSA) is 46.3 Å². The van der Waals surface area contributed by atoms with Gasteiger partial charge in [0.25, 0.3) is 0 Å². The molecule has 3 heteroatoms. The number of nitrogens with zero attached hydrogens (tertiary/aromatic N) is 1. The highest BCUT2D eigenvalue weighted by Crippen LogP contribution is 2.23. The number of hydrogen-bond acceptors (Lipinski definition) is 3. The van der Waals surface area contributed by atoms with Gasteiger partial charge in [0.05, 0.1) is 6.54 Å². The van der Waals surface area contributed by atoms with Crippen LogP contribution in [0.25, 0.3) is 0 Å². The zero-order valence-electron chi connectivity index (χ0n) is 9.79. The van der Waals surface area contributed by atoms with Crippen LogP contribution in [0.2, 0.25) is 0 Å². The van der Waals surface area contributed by atoms with Crippen molar-refractivity contribution < 1.29 is 4.79 Å². The van der Waals surface area contributed by atoms with E-state index in [2.05, 4.69) is 0 Å². The van der Waals surface area contributed by atoms with E-state index >= 15 is 0 Å². The maximum absolute atomic E-state index is 11.7. The van der Waals surface area contributed by atoms with Gasteiger partial charge in [-0.1, -0.05) is 0 Å². The SMILES string of the molecule is Cc1cc(C(=O)CN)c(N(C)C)cc1C. The highest BCUT2D eigenvalue weighted by Gasteiger charge is 2.12. The summed E-state index contributed by atoms with van der Waals surface area (Å²) < 4.78 is 0. The van der Waals surface area contributed by atoms with E-state index in [1.807, 2.05) is 45.0 Å². The lowest BCUT2D eigenvalue weighted by molar-refractivity contribution is 0.100. The van der Waals surface area contributed by atoms with Gasteiger partial charge in [0.15, 0.2) is 5.78 Å². The monoisotopic (exact) mass is 206 g/mol. The molecule has 0 aliphatic heterocycles. The number of carbonyl (C=O) groups is 1. The molecule has 0 radical (unpaired) electrons. The minimum Gasteiger partial charge on any atom is -0.377 e. The van der Waals surface area contributed by atoms with Crippen molar-refractivity contribution in [3.05, 3.63) is 28.8 Å². The maximum Gasteiger partial charge on any atom is 0.178 e. The number of rotatable bonds is 3. The summed E-state index contributed by atoms with van der Waals surface area (Å²) in [6.07, 6.45) is 0. The van der Waals surface area contributed by atoms with Gasteiger partial charge in [-0.15, -0.1) is 0 Å². The number of nitrogens with two attached hydrogens (primary N) is 1. The molecule has 0 spiro atoms. The molecule has 3 nitrogen and oxygen atoms in total. The molecule has 0 aliphatic rings. The van der Waals surface area contributed by atoms with E-state index in [0.29, 0.717) is 5.56 Å². The average molecular weight is 206 g/mol. The molecule has 82 valence electrons. The Hall–Kier alpha value is -1.35. The summed E-state index contributed by atoms with van der Waals surface area (Å²) in [6, 6.07) is 3.94. The lowest BCUT2D eigenvalue weighted by Gasteiger charge is -2.18. The second kappa shape index (κ2) is 4.45. The number of carbonyl (C=O) groups excluding carboxylic acids is 1. The first kappa shape index (κ1) is 11.7. The molecule has 0 atom stereocenters. The quantitative estimate of drug-likeness (QED) is 0.762. The van der Waals surface area contributed by atoms with E-state index in [4.69, 9.17) is 5.73 Å². The Bertz CT molecular complexity index is 383. The second-order valence-corrected chi connectivity index (χ2v) is 3.98. The van der Waals surface area contributed by atoms with Crippen molar-refractivity contribution >= 4 is 11.5 Å². The van der Waals surface area contributed by atoms with Crippen molar-refractivity contribution in [3.8, 4) is 0 Å². The second-order valence-electron chi connectivity index (χ2n) is 3.98. The predicted molar refractivity (Wildman–Crippen MR) is 63.6 cm³/mol. The van der Waals surface area contributed by atoms with Crippen LogP contribution in [-0.2, 0) is 0 Å². The summed E-state index contributed by atoms with van der Waals surface area (Å²) in [5.74, 6) is -0.0122. The molecule has 0 aromatic heterocycles. The van der Waals surface area contributed by atoms with Gasteiger partial charge in [-0.2, -0.15) is 0 Å². The molecule has 15 heavy (non-hydrogen) atoms. The molecular weight excluding hydrogens is 188 g/mol. The minimum atomic E-state index is -0.0122. The van der Waals surface area contributed by atoms with Crippen LogP contribution >= 0.6 is 0 Å². The fourth-order valence-corrected chi connectivity index (χ4v) is 1.50. The summed E-state index contributed by atoms with van der Waals surface area (Å²) in [5.41, 5.74) is 9.36. The predicted octanol–water partition coefficient (Wildman–Crippen LogP) is 1.51. The van der Waals surface area contributed by atoms with Crippen molar-refractivity contribution in [3.63, 3.8) is 0 Å². The standard InChI is InChI=1S/C12H18N2O/c1-8-5-10(12(15)7-13)11(14(3)4)6-9(8)2/h5-6H,7,13H2,1-4H3. The van der Waals surface area contributed by atoms with Gasteiger partial charge >= 0.3 is 0 Å². The van der Waals surface area contributed by atoms with Gasteiger partial charge in [0.2, 0.25) is 0 Å². The van der Waals surface area contributed by atoms with E-state index in [9.17, 15) is 4.79 Å². The summed E-state index contributed by atoms with van der Waals surface area (Å²) in [7, 11) is 3.86. The first-order valence-corrected chi connectivity index (χ1v) is 4.99. The van der Waals surface area contributed by atoms with Gasteiger partial charge in [0, 0.05) is 25.3 Å². The third kappa shape index (κ3) is 2.36. The minimum absolute atomic E-state index is 0.0122. The average Bonchev–Trinajstić information content (AvgIpc) is 2.20. The Morgan fingerprint density at radius 2 is 1.80 bits per heavy atom. The highest BCUT2D eigenvalue weighted by molar-refractivity contribution is 6.02. The molecule has 0 aliphatic carbocycles. The molecule has 1 rings (SSSR count). The van der Waals surface area contributed by atoms with Crippen molar-refractivity contribution in [2.75, 3.05) is 25.5 Å². The van der Waals surface area contributed by atoms with Crippen LogP contribution in [0.4, 0.5) is 5.69 Å². The third-order valence-corrected chi connectivity index (χ3v) is 2.58. The van der Waals surface area contributed by atoms with Gasteiger partial charge in [-0.3, -0.25) is 4.79 Å². The molecule has 1 aromatic rings. The summed E-state index contributed by atoms with van der Waals surface area (Å²) in [6.45, 7) is 4.10. The van der Waals surface area contributed by atoms with Gasteiger partial charge < -0.3 is 10.6 Å². The van der Waals surface area contributed by atoms with Crippen LogP contribution in [0.1, 0.15) is 21.5 Å². The third-order valence-electron chi connectivity index (χ3n) is 2.58. The Morgan fingerprint density at radius 3 is 2.27 bits per heavy atom. The Labute approximate surface area is 90.9 Å². The first-order valence-electron chi connectivity index (χ1n) is 4.99. The van der Waals surface area contributed by atoms with E-state index in [-0.39, 0.29) is 12.3 Å². The van der Waals surface area contributed by atoms with E-state index in [1.165, 1.54) is 5.56 Å². The van der Waals surface area contributed by atoms with Gasteiger partial charge in [0.1, 0.15) is 0 Å². The van der Waals surface area contributed by atoms with Gasteiger partial charge in [-0.25, -0.2) is 0 Å². The first-order chi connectivity index (χ1) is 6.97. The number of benzene rings is 1. The molecule has 0 bridgehead atoms. The maximum atomic E-state index is 11.7. The molecular formula is C12H18N2O. The van der Waals surface area contributed by atoms with Crippen LogP contribution in [0.15, 0.2) is 12.1 Å². The smallest absolute Gasteiger partial charge is 0.178 e. The fraction of sp³-hybridized carbons (Fsp3) is 0.417. The lowest BCUT2D eigenvalue weighted by atomic mass is 10.0. The van der Waals surface area contributed by atoms with Crippen LogP contribution in [-0.4, -0.2) is 26.4 Å². The molecule has 0 heterocycles.